The Morgan fingerprint density at radius 1 is 1.38 bits per heavy atom. The molecule has 0 aromatic heterocycles. The smallest absolute Gasteiger partial charge is 0.285 e. The summed E-state index contributed by atoms with van der Waals surface area (Å²) < 4.78 is 29.9. The normalized spacial score (nSPS) is 43.4. The maximum Gasteiger partial charge on any atom is 0.285 e. The highest BCUT2D eigenvalue weighted by atomic mass is 32.2. The third-order valence-corrected chi connectivity index (χ3v) is 3.70. The molecule has 1 fully saturated rings. The first-order valence-electron chi connectivity index (χ1n) is 4.69. The van der Waals surface area contributed by atoms with Crippen LogP contribution in [-0.4, -0.2) is 63.2 Å². The summed E-state index contributed by atoms with van der Waals surface area (Å²) in [6.45, 7) is -0.480. The van der Waals surface area contributed by atoms with Crippen molar-refractivity contribution in [2.75, 3.05) is 6.61 Å². The van der Waals surface area contributed by atoms with Gasteiger partial charge in [0.25, 0.3) is 6.43 Å². The van der Waals surface area contributed by atoms with Crippen molar-refractivity contribution in [3.63, 3.8) is 0 Å². The van der Waals surface area contributed by atoms with Crippen LogP contribution in [0.15, 0.2) is 4.99 Å². The third-order valence-electron chi connectivity index (χ3n) is 2.55. The second kappa shape index (κ2) is 4.53. The summed E-state index contributed by atoms with van der Waals surface area (Å²) in [6.07, 6.45) is -6.28. The number of nitrogens with zero attached hydrogens (tertiary/aromatic N) is 1. The average molecular weight is 255 g/mol. The van der Waals surface area contributed by atoms with Gasteiger partial charge in [-0.05, 0) is 0 Å². The van der Waals surface area contributed by atoms with E-state index in [0.29, 0.717) is 0 Å². The lowest BCUT2D eigenvalue weighted by Crippen LogP contribution is -2.55. The first-order chi connectivity index (χ1) is 7.54. The Bertz CT molecular complexity index is 304. The molecule has 0 saturated carbocycles. The maximum atomic E-state index is 12.4. The molecule has 0 aromatic carbocycles. The van der Waals surface area contributed by atoms with Crippen LogP contribution in [0.25, 0.3) is 0 Å². The van der Waals surface area contributed by atoms with Crippen LogP contribution in [0.1, 0.15) is 0 Å². The van der Waals surface area contributed by atoms with Crippen molar-refractivity contribution in [2.24, 2.45) is 4.99 Å². The predicted octanol–water partition coefficient (Wildman–Crippen LogP) is -0.796. The van der Waals surface area contributed by atoms with Gasteiger partial charge in [0.15, 0.2) is 0 Å². The minimum atomic E-state index is -2.71. The number of halogens is 2. The van der Waals surface area contributed by atoms with E-state index in [0.717, 1.165) is 11.8 Å². The molecule has 0 aromatic rings. The summed E-state index contributed by atoms with van der Waals surface area (Å²) in [4.78, 5) is 3.62. The van der Waals surface area contributed by atoms with Crippen LogP contribution >= 0.6 is 11.8 Å². The van der Waals surface area contributed by atoms with E-state index in [2.05, 4.69) is 4.99 Å². The fraction of sp³-hybridized carbons (Fsp3) is 0.875. The van der Waals surface area contributed by atoms with Crippen LogP contribution in [-0.2, 0) is 4.74 Å². The molecule has 2 aliphatic rings. The van der Waals surface area contributed by atoms with E-state index in [1.807, 2.05) is 0 Å². The van der Waals surface area contributed by atoms with E-state index in [1.54, 1.807) is 0 Å². The fourth-order valence-electron chi connectivity index (χ4n) is 1.71. The van der Waals surface area contributed by atoms with Gasteiger partial charge in [-0.2, -0.15) is 0 Å². The fourth-order valence-corrected chi connectivity index (χ4v) is 2.79. The van der Waals surface area contributed by atoms with Crippen LogP contribution in [0.4, 0.5) is 8.78 Å². The summed E-state index contributed by atoms with van der Waals surface area (Å²) in [6, 6.07) is -0.896. The highest BCUT2D eigenvalue weighted by Crippen LogP contribution is 2.37. The minimum Gasteiger partial charge on any atom is -0.394 e. The second-order valence-electron chi connectivity index (χ2n) is 3.58. The van der Waals surface area contributed by atoms with Crippen molar-refractivity contribution in [3.8, 4) is 0 Å². The van der Waals surface area contributed by atoms with E-state index in [1.165, 1.54) is 0 Å². The van der Waals surface area contributed by atoms with Crippen molar-refractivity contribution in [1.29, 1.82) is 0 Å². The highest BCUT2D eigenvalue weighted by molar-refractivity contribution is 8.14. The van der Waals surface area contributed by atoms with Crippen LogP contribution in [0.2, 0.25) is 0 Å². The Balaban J connectivity index is 2.14. The van der Waals surface area contributed by atoms with Gasteiger partial charge in [-0.3, -0.25) is 4.99 Å². The number of aliphatic hydroxyl groups is 3. The van der Waals surface area contributed by atoms with Gasteiger partial charge in [-0.1, -0.05) is 11.8 Å². The molecule has 2 unspecified atom stereocenters. The lowest BCUT2D eigenvalue weighted by molar-refractivity contribution is -0.164. The standard InChI is InChI=1S/C8H11F2NO4S/c9-6(10)7-11-3-5(14)4(13)2(1-12)15-8(3)16-7/h2-6,8,12-14H,1H2/t2-,3?,4-,5-,8?/m1/s1. The average Bonchev–Trinajstić information content (AvgIpc) is 2.67. The molecule has 3 N–H and O–H groups in total. The Hall–Kier alpha value is -0.280. The zero-order valence-electron chi connectivity index (χ0n) is 8.03. The number of thioether (sulfide) groups is 1. The number of hydrogen-bond acceptors (Lipinski definition) is 6. The van der Waals surface area contributed by atoms with Gasteiger partial charge in [0.2, 0.25) is 0 Å². The number of aliphatic imine (C=N–C) groups is 1. The van der Waals surface area contributed by atoms with Crippen molar-refractivity contribution < 1.29 is 28.8 Å². The van der Waals surface area contributed by atoms with E-state index in [4.69, 9.17) is 9.84 Å². The molecule has 0 amide bonds. The topological polar surface area (TPSA) is 82.3 Å². The van der Waals surface area contributed by atoms with E-state index >= 15 is 0 Å². The van der Waals surface area contributed by atoms with Gasteiger partial charge >= 0.3 is 0 Å². The molecule has 2 rings (SSSR count). The molecule has 2 heterocycles. The number of ether oxygens (including phenoxy) is 1. The SMILES string of the molecule is OC[C@H]1OC2SC(C(F)F)=NC2[C@@H](O)[C@@H]1O. The lowest BCUT2D eigenvalue weighted by Gasteiger charge is -2.37. The van der Waals surface area contributed by atoms with E-state index in [9.17, 15) is 19.0 Å². The molecular weight excluding hydrogens is 244 g/mol. The van der Waals surface area contributed by atoms with Crippen molar-refractivity contribution in [2.45, 2.75) is 36.2 Å². The Labute approximate surface area is 94.1 Å². The predicted molar refractivity (Wildman–Crippen MR) is 52.6 cm³/mol. The van der Waals surface area contributed by atoms with Gasteiger partial charge in [0.05, 0.1) is 6.61 Å². The van der Waals surface area contributed by atoms with Gasteiger partial charge in [-0.15, -0.1) is 0 Å². The monoisotopic (exact) mass is 255 g/mol. The molecule has 2 aliphatic heterocycles. The molecule has 16 heavy (non-hydrogen) atoms. The lowest BCUT2D eigenvalue weighted by atomic mass is 9.99. The number of hydrogen-bond donors (Lipinski definition) is 3. The molecule has 5 atom stereocenters. The molecule has 8 heteroatoms. The summed E-state index contributed by atoms with van der Waals surface area (Å²) >= 11 is 0.723. The number of rotatable bonds is 2. The molecule has 92 valence electrons. The Morgan fingerprint density at radius 2 is 2.06 bits per heavy atom. The zero-order valence-corrected chi connectivity index (χ0v) is 8.85. The Morgan fingerprint density at radius 3 is 2.62 bits per heavy atom. The largest absolute Gasteiger partial charge is 0.394 e. The molecule has 5 nitrogen and oxygen atoms in total. The number of alkyl halides is 2. The highest BCUT2D eigenvalue weighted by Gasteiger charge is 2.48. The van der Waals surface area contributed by atoms with E-state index in [-0.39, 0.29) is 0 Å². The Kier molecular flexibility index (Phi) is 3.45. The summed E-state index contributed by atoms with van der Waals surface area (Å²) in [5.41, 5.74) is -0.764. The van der Waals surface area contributed by atoms with Crippen LogP contribution in [0.5, 0.6) is 0 Å². The second-order valence-corrected chi connectivity index (χ2v) is 4.70. The summed E-state index contributed by atoms with van der Waals surface area (Å²) in [7, 11) is 0. The number of aliphatic hydroxyl groups excluding tert-OH is 3. The van der Waals surface area contributed by atoms with Crippen molar-refractivity contribution in [3.05, 3.63) is 0 Å². The van der Waals surface area contributed by atoms with Crippen LogP contribution < -0.4 is 0 Å². The van der Waals surface area contributed by atoms with Crippen LogP contribution in [0.3, 0.4) is 0 Å². The molecule has 1 saturated heterocycles. The molecule has 0 bridgehead atoms. The minimum absolute atomic E-state index is 0.403. The van der Waals surface area contributed by atoms with Gasteiger partial charge < -0.3 is 20.1 Å². The summed E-state index contributed by atoms with van der Waals surface area (Å²) in [5, 5.41) is 27.6. The molecule has 0 aliphatic carbocycles. The first-order valence-corrected chi connectivity index (χ1v) is 5.57. The first kappa shape index (κ1) is 12.2. The van der Waals surface area contributed by atoms with Crippen LogP contribution in [0, 0.1) is 0 Å². The molecule has 0 radical (unpaired) electrons. The summed E-state index contributed by atoms with van der Waals surface area (Å²) in [5.74, 6) is 0. The van der Waals surface area contributed by atoms with Gasteiger partial charge in [0.1, 0.15) is 34.8 Å². The maximum absolute atomic E-state index is 12.4. The quantitative estimate of drug-likeness (QED) is 0.602. The third kappa shape index (κ3) is 1.95. The van der Waals surface area contributed by atoms with Gasteiger partial charge in [0, 0.05) is 0 Å². The van der Waals surface area contributed by atoms with Gasteiger partial charge in [-0.25, -0.2) is 8.78 Å². The van der Waals surface area contributed by atoms with E-state index < -0.39 is 47.9 Å². The molecular formula is C8H11F2NO4S. The molecule has 0 spiro atoms. The van der Waals surface area contributed by atoms with Crippen molar-refractivity contribution >= 4 is 16.8 Å². The number of fused-ring (bicyclic) bond motifs is 1. The zero-order chi connectivity index (χ0) is 11.9. The van der Waals surface area contributed by atoms with Crippen molar-refractivity contribution in [1.82, 2.24) is 0 Å².